The van der Waals surface area contributed by atoms with Gasteiger partial charge in [0.15, 0.2) is 0 Å². The number of rotatable bonds is 7. The minimum absolute atomic E-state index is 0.219. The van der Waals surface area contributed by atoms with E-state index >= 15 is 0 Å². The highest BCUT2D eigenvalue weighted by atomic mass is 16.5. The third kappa shape index (κ3) is 5.34. The lowest BCUT2D eigenvalue weighted by molar-refractivity contribution is -0.0205. The normalized spacial score (nSPS) is 27.6. The molecule has 0 unspecified atom stereocenters. The van der Waals surface area contributed by atoms with Crippen LogP contribution in [0.3, 0.4) is 0 Å². The second kappa shape index (κ2) is 10.3. The van der Waals surface area contributed by atoms with E-state index in [1.165, 1.54) is 0 Å². The lowest BCUT2D eigenvalue weighted by Crippen LogP contribution is -2.53. The van der Waals surface area contributed by atoms with E-state index < -0.39 is 24.3 Å². The van der Waals surface area contributed by atoms with Crippen LogP contribution in [0.1, 0.15) is 19.8 Å². The number of aliphatic hydroxyl groups excluding tert-OH is 2. The molecule has 0 aromatic heterocycles. The molecule has 2 aliphatic heterocycles. The number of piperidine rings is 1. The molecule has 9 nitrogen and oxygen atoms in total. The van der Waals surface area contributed by atoms with Gasteiger partial charge in [-0.25, -0.2) is 4.79 Å². The molecule has 1 aromatic rings. The maximum absolute atomic E-state index is 12.4. The number of carbonyl (C=O) groups excluding carboxylic acids is 1. The molecule has 2 amide bonds. The van der Waals surface area contributed by atoms with Crippen LogP contribution in [-0.4, -0.2) is 86.0 Å². The van der Waals surface area contributed by atoms with Gasteiger partial charge in [0.2, 0.25) is 0 Å². The molecule has 9 heteroatoms. The van der Waals surface area contributed by atoms with Gasteiger partial charge in [0.05, 0.1) is 33.0 Å². The molecule has 2 aliphatic rings. The summed E-state index contributed by atoms with van der Waals surface area (Å²) in [6, 6.07) is 4.44. The first-order valence-corrected chi connectivity index (χ1v) is 10.4. The Morgan fingerprint density at radius 1 is 1.17 bits per heavy atom. The second-order valence-electron chi connectivity index (χ2n) is 8.03. The van der Waals surface area contributed by atoms with Crippen LogP contribution in [0.25, 0.3) is 0 Å². The summed E-state index contributed by atoms with van der Waals surface area (Å²) in [5, 5.41) is 25.8. The summed E-state index contributed by atoms with van der Waals surface area (Å²) in [5.74, 6) is 1.80. The number of carbonyl (C=O) groups is 1. The monoisotopic (exact) mass is 423 g/mol. The van der Waals surface area contributed by atoms with Crippen molar-refractivity contribution in [3.63, 3.8) is 0 Å². The van der Waals surface area contributed by atoms with Crippen molar-refractivity contribution in [2.24, 2.45) is 5.92 Å². The van der Waals surface area contributed by atoms with E-state index in [2.05, 4.69) is 22.5 Å². The maximum atomic E-state index is 12.4. The van der Waals surface area contributed by atoms with Crippen molar-refractivity contribution in [3.8, 4) is 11.5 Å². The highest BCUT2D eigenvalue weighted by Crippen LogP contribution is 2.29. The van der Waals surface area contributed by atoms with Gasteiger partial charge in [-0.3, -0.25) is 4.90 Å². The maximum Gasteiger partial charge on any atom is 0.319 e. The summed E-state index contributed by atoms with van der Waals surface area (Å²) in [7, 11) is 3.08. The number of likely N-dealkylation sites (tertiary alicyclic amines) is 1. The van der Waals surface area contributed by atoms with Gasteiger partial charge < -0.3 is 35.1 Å². The van der Waals surface area contributed by atoms with Crippen molar-refractivity contribution < 1.29 is 29.2 Å². The molecule has 0 spiro atoms. The Hall–Kier alpha value is -2.07. The zero-order valence-electron chi connectivity index (χ0n) is 17.8. The van der Waals surface area contributed by atoms with E-state index in [1.807, 2.05) is 0 Å². The van der Waals surface area contributed by atoms with E-state index in [1.54, 1.807) is 32.4 Å². The Bertz CT molecular complexity index is 688. The first-order valence-electron chi connectivity index (χ1n) is 10.4. The summed E-state index contributed by atoms with van der Waals surface area (Å²) >= 11 is 0. The van der Waals surface area contributed by atoms with E-state index in [9.17, 15) is 15.0 Å². The Labute approximate surface area is 177 Å². The summed E-state index contributed by atoms with van der Waals surface area (Å²) in [6.07, 6.45) is 0.278. The standard InChI is InChI=1S/C21H33N3O6/c1-13-4-6-24(7-5-13)19-17(30-18(12-25)20(19)26)11-22-21(27)23-14-8-15(28-2)10-16(9-14)29-3/h8-10,13,17-20,25-26H,4-7,11-12H2,1-3H3,(H2,22,23,27)/t17-,18+,19-,20-/m1/s1. The Morgan fingerprint density at radius 3 is 2.37 bits per heavy atom. The number of hydrogen-bond acceptors (Lipinski definition) is 7. The second-order valence-corrected chi connectivity index (χ2v) is 8.03. The van der Waals surface area contributed by atoms with E-state index in [-0.39, 0.29) is 19.2 Å². The molecule has 2 fully saturated rings. The van der Waals surface area contributed by atoms with Gasteiger partial charge in [-0.15, -0.1) is 0 Å². The molecule has 30 heavy (non-hydrogen) atoms. The zero-order chi connectivity index (χ0) is 21.7. The lowest BCUT2D eigenvalue weighted by Gasteiger charge is -2.38. The summed E-state index contributed by atoms with van der Waals surface area (Å²) < 4.78 is 16.3. The smallest absolute Gasteiger partial charge is 0.319 e. The topological polar surface area (TPSA) is 113 Å². The summed E-state index contributed by atoms with van der Waals surface area (Å²) in [4.78, 5) is 14.7. The molecule has 0 radical (unpaired) electrons. The van der Waals surface area contributed by atoms with Crippen molar-refractivity contribution in [1.82, 2.24) is 10.2 Å². The molecule has 0 bridgehead atoms. The highest BCUT2D eigenvalue weighted by molar-refractivity contribution is 5.89. The fourth-order valence-corrected chi connectivity index (χ4v) is 4.17. The number of nitrogens with zero attached hydrogens (tertiary/aromatic N) is 1. The molecule has 4 N–H and O–H groups in total. The third-order valence-corrected chi connectivity index (χ3v) is 5.95. The minimum Gasteiger partial charge on any atom is -0.497 e. The highest BCUT2D eigenvalue weighted by Gasteiger charge is 2.46. The van der Waals surface area contributed by atoms with E-state index in [0.29, 0.717) is 23.1 Å². The van der Waals surface area contributed by atoms with Gasteiger partial charge in [0, 0.05) is 30.4 Å². The van der Waals surface area contributed by atoms with Gasteiger partial charge in [0.25, 0.3) is 0 Å². The van der Waals surface area contributed by atoms with Crippen molar-refractivity contribution in [2.45, 2.75) is 44.1 Å². The molecular weight excluding hydrogens is 390 g/mol. The van der Waals surface area contributed by atoms with Gasteiger partial charge in [-0.1, -0.05) is 6.92 Å². The molecule has 0 aliphatic carbocycles. The minimum atomic E-state index is -0.791. The van der Waals surface area contributed by atoms with E-state index in [4.69, 9.17) is 14.2 Å². The van der Waals surface area contributed by atoms with Crippen molar-refractivity contribution in [3.05, 3.63) is 18.2 Å². The first-order chi connectivity index (χ1) is 14.4. The first kappa shape index (κ1) is 22.6. The van der Waals surface area contributed by atoms with Crippen molar-refractivity contribution in [1.29, 1.82) is 0 Å². The average Bonchev–Trinajstić information content (AvgIpc) is 3.07. The van der Waals surface area contributed by atoms with Crippen LogP contribution in [-0.2, 0) is 4.74 Å². The van der Waals surface area contributed by atoms with Crippen LogP contribution in [0.4, 0.5) is 10.5 Å². The SMILES string of the molecule is COc1cc(NC(=O)NC[C@H]2O[C@@H](CO)[C@@H](O)[C@@H]2N2CCC(C)CC2)cc(OC)c1. The van der Waals surface area contributed by atoms with Crippen LogP contribution in [0.15, 0.2) is 18.2 Å². The van der Waals surface area contributed by atoms with Gasteiger partial charge in [0.1, 0.15) is 23.7 Å². The van der Waals surface area contributed by atoms with Gasteiger partial charge >= 0.3 is 6.03 Å². The zero-order valence-corrected chi connectivity index (χ0v) is 17.8. The van der Waals surface area contributed by atoms with Gasteiger partial charge in [-0.2, -0.15) is 0 Å². The summed E-state index contributed by atoms with van der Waals surface area (Å²) in [5.41, 5.74) is 0.533. The molecule has 2 saturated heterocycles. The lowest BCUT2D eigenvalue weighted by atomic mass is 9.94. The van der Waals surface area contributed by atoms with Crippen molar-refractivity contribution >= 4 is 11.7 Å². The number of anilines is 1. The molecule has 1 aromatic carbocycles. The number of urea groups is 1. The van der Waals surface area contributed by atoms with Crippen LogP contribution in [0.5, 0.6) is 11.5 Å². The number of ether oxygens (including phenoxy) is 3. The summed E-state index contributed by atoms with van der Waals surface area (Å²) in [6.45, 7) is 3.94. The molecule has 2 heterocycles. The van der Waals surface area contributed by atoms with Crippen LogP contribution in [0.2, 0.25) is 0 Å². The molecule has 0 saturated carbocycles. The van der Waals surface area contributed by atoms with Crippen molar-refractivity contribution in [2.75, 3.05) is 45.8 Å². The third-order valence-electron chi connectivity index (χ3n) is 5.95. The number of nitrogens with one attached hydrogen (secondary N) is 2. The Balaban J connectivity index is 1.60. The predicted octanol–water partition coefficient (Wildman–Crippen LogP) is 1.05. The number of hydrogen-bond donors (Lipinski definition) is 4. The molecule has 4 atom stereocenters. The number of methoxy groups -OCH3 is 2. The number of benzene rings is 1. The van der Waals surface area contributed by atoms with Crippen LogP contribution >= 0.6 is 0 Å². The molecule has 3 rings (SSSR count). The van der Waals surface area contributed by atoms with Gasteiger partial charge in [-0.05, 0) is 31.8 Å². The fourth-order valence-electron chi connectivity index (χ4n) is 4.17. The van der Waals surface area contributed by atoms with E-state index in [0.717, 1.165) is 25.9 Å². The number of aliphatic hydroxyl groups is 2. The van der Waals surface area contributed by atoms with Crippen LogP contribution in [0, 0.1) is 5.92 Å². The quantitative estimate of drug-likeness (QED) is 0.518. The molecule has 168 valence electrons. The predicted molar refractivity (Wildman–Crippen MR) is 112 cm³/mol. The largest absolute Gasteiger partial charge is 0.497 e. The molecular formula is C21H33N3O6. The van der Waals surface area contributed by atoms with Crippen LogP contribution < -0.4 is 20.1 Å². The Morgan fingerprint density at radius 2 is 1.80 bits per heavy atom. The fraction of sp³-hybridized carbons (Fsp3) is 0.667. The average molecular weight is 424 g/mol. The Kier molecular flexibility index (Phi) is 7.76. The number of amides is 2.